The monoisotopic (exact) mass is 857 g/mol. The van der Waals surface area contributed by atoms with E-state index in [-0.39, 0.29) is 24.1 Å². The molecule has 5 aromatic carbocycles. The number of nitrogens with one attached hydrogen (secondary N) is 2. The predicted molar refractivity (Wildman–Crippen MR) is 244 cm³/mol. The molecule has 0 bridgehead atoms. The minimum atomic E-state index is -1.21. The van der Waals surface area contributed by atoms with Gasteiger partial charge in [-0.05, 0) is 121 Å². The Morgan fingerprint density at radius 2 is 1.56 bits per heavy atom. The number of phenolic OH excluding ortho intramolecular Hbond substituents is 1. The molecule has 0 radical (unpaired) electrons. The number of fused-ring (bicyclic) bond motifs is 3. The average Bonchev–Trinajstić information content (AvgIpc) is 4.08. The standard InChI is InChI=1S/C50H44ClN7O5/c51-34-13-8-29(9-14-34)37-16-10-32(49(61)57-20-4-5-21-57)22-39(37)45-28-53-42-23-30(11-17-41(42)54-45)47-55-43-24-31(12-19-46(43)58(47)35-6-2-1-3-7-35)48(60)56-44(50(62)63)25-33-27-52-40-18-15-36(59)26-38(33)40/h8-19,22-24,26-28,35,44,52,59H,1-7,20-21,25H2,(H,56,60)(H,62,63). The lowest BCUT2D eigenvalue weighted by molar-refractivity contribution is -0.139. The fourth-order valence-corrected chi connectivity index (χ4v) is 9.43. The quantitative estimate of drug-likeness (QED) is 0.105. The van der Waals surface area contributed by atoms with Crippen molar-refractivity contribution in [2.45, 2.75) is 63.5 Å². The first-order valence-corrected chi connectivity index (χ1v) is 21.9. The van der Waals surface area contributed by atoms with Crippen molar-refractivity contribution >= 4 is 62.4 Å². The van der Waals surface area contributed by atoms with E-state index < -0.39 is 17.9 Å². The van der Waals surface area contributed by atoms with Gasteiger partial charge in [0, 0.05) is 69.9 Å². The lowest BCUT2D eigenvalue weighted by Gasteiger charge is -2.25. The molecule has 1 saturated carbocycles. The fraction of sp³-hybridized carbons (Fsp3) is 0.240. The van der Waals surface area contributed by atoms with E-state index in [0.717, 1.165) is 90.7 Å². The van der Waals surface area contributed by atoms with Gasteiger partial charge in [0.1, 0.15) is 17.6 Å². The van der Waals surface area contributed by atoms with Gasteiger partial charge in [0.25, 0.3) is 11.8 Å². The van der Waals surface area contributed by atoms with Gasteiger partial charge in [0.05, 0.1) is 34.0 Å². The van der Waals surface area contributed by atoms with Crippen LogP contribution in [0.15, 0.2) is 109 Å². The van der Waals surface area contributed by atoms with Crippen LogP contribution in [0.1, 0.15) is 77.3 Å². The Kier molecular flexibility index (Phi) is 10.6. The highest BCUT2D eigenvalue weighted by molar-refractivity contribution is 6.30. The molecule has 1 aliphatic heterocycles. The number of imidazole rings is 1. The zero-order chi connectivity index (χ0) is 43.2. The molecular weight excluding hydrogens is 814 g/mol. The molecule has 0 spiro atoms. The summed E-state index contributed by atoms with van der Waals surface area (Å²) in [7, 11) is 0. The van der Waals surface area contributed by atoms with E-state index in [1.807, 2.05) is 71.6 Å². The number of carbonyl (C=O) groups excluding carboxylic acids is 2. The number of aromatic nitrogens is 5. The van der Waals surface area contributed by atoms with Crippen LogP contribution < -0.4 is 5.32 Å². The summed E-state index contributed by atoms with van der Waals surface area (Å²) in [6.07, 6.45) is 10.9. The number of halogens is 1. The maximum atomic E-state index is 13.7. The number of carboxylic acid groups (broad SMARTS) is 1. The number of aromatic hydroxyl groups is 1. The number of nitrogens with zero attached hydrogens (tertiary/aromatic N) is 5. The van der Waals surface area contributed by atoms with Gasteiger partial charge in [0.15, 0.2) is 0 Å². The molecule has 10 rings (SSSR count). The van der Waals surface area contributed by atoms with Gasteiger partial charge in [-0.15, -0.1) is 0 Å². The molecule has 4 N–H and O–H groups in total. The van der Waals surface area contributed by atoms with Crippen LogP contribution in [0.2, 0.25) is 5.02 Å². The highest BCUT2D eigenvalue weighted by atomic mass is 35.5. The van der Waals surface area contributed by atoms with Crippen molar-refractivity contribution in [3.63, 3.8) is 0 Å². The van der Waals surface area contributed by atoms with E-state index in [1.165, 1.54) is 6.42 Å². The van der Waals surface area contributed by atoms with Crippen LogP contribution in [0.5, 0.6) is 5.75 Å². The van der Waals surface area contributed by atoms with E-state index >= 15 is 0 Å². The molecular formula is C50H44ClN7O5. The lowest BCUT2D eigenvalue weighted by Crippen LogP contribution is -2.42. The van der Waals surface area contributed by atoms with Gasteiger partial charge in [-0.3, -0.25) is 14.6 Å². The van der Waals surface area contributed by atoms with E-state index in [2.05, 4.69) is 14.9 Å². The number of amides is 2. The highest BCUT2D eigenvalue weighted by Crippen LogP contribution is 2.38. The molecule has 13 heteroatoms. The van der Waals surface area contributed by atoms with Gasteiger partial charge in [-0.2, -0.15) is 0 Å². The van der Waals surface area contributed by atoms with Gasteiger partial charge in [-0.25, -0.2) is 14.8 Å². The largest absolute Gasteiger partial charge is 0.508 e. The Labute approximate surface area is 367 Å². The van der Waals surface area contributed by atoms with Crippen molar-refractivity contribution in [2.75, 3.05) is 13.1 Å². The molecule has 1 atom stereocenters. The van der Waals surface area contributed by atoms with E-state index in [4.69, 9.17) is 26.6 Å². The normalized spacial score (nSPS) is 15.0. The number of benzene rings is 5. The number of aromatic amines is 1. The smallest absolute Gasteiger partial charge is 0.326 e. The molecule has 3 aromatic heterocycles. The van der Waals surface area contributed by atoms with Crippen LogP contribution in [-0.2, 0) is 11.2 Å². The minimum absolute atomic E-state index is 0.0110. The summed E-state index contributed by atoms with van der Waals surface area (Å²) in [5.41, 5.74) is 9.37. The van der Waals surface area contributed by atoms with E-state index in [0.29, 0.717) is 49.3 Å². The van der Waals surface area contributed by atoms with Crippen molar-refractivity contribution in [3.05, 3.63) is 131 Å². The third kappa shape index (κ3) is 7.87. The molecule has 2 aliphatic rings. The van der Waals surface area contributed by atoms with Crippen LogP contribution in [0.3, 0.4) is 0 Å². The lowest BCUT2D eigenvalue weighted by atomic mass is 9.94. The van der Waals surface area contributed by atoms with Crippen LogP contribution in [-0.4, -0.2) is 76.5 Å². The minimum Gasteiger partial charge on any atom is -0.508 e. The topological polar surface area (TPSA) is 166 Å². The fourth-order valence-electron chi connectivity index (χ4n) is 9.30. The zero-order valence-corrected chi connectivity index (χ0v) is 35.1. The second-order valence-electron chi connectivity index (χ2n) is 16.6. The Bertz CT molecular complexity index is 3070. The van der Waals surface area contributed by atoms with E-state index in [1.54, 1.807) is 42.7 Å². The summed E-state index contributed by atoms with van der Waals surface area (Å²) in [6, 6.07) is 28.6. The van der Waals surface area contributed by atoms with Crippen molar-refractivity contribution in [3.8, 4) is 39.5 Å². The Morgan fingerprint density at radius 1 is 0.778 bits per heavy atom. The Morgan fingerprint density at radius 3 is 2.35 bits per heavy atom. The van der Waals surface area contributed by atoms with Crippen LogP contribution >= 0.6 is 11.6 Å². The number of aliphatic carboxylic acids is 1. The Hall–Kier alpha value is -7.05. The summed E-state index contributed by atoms with van der Waals surface area (Å²) in [5, 5.41) is 24.2. The molecule has 63 heavy (non-hydrogen) atoms. The summed E-state index contributed by atoms with van der Waals surface area (Å²) in [6.45, 7) is 1.51. The van der Waals surface area contributed by atoms with Crippen LogP contribution in [0.4, 0.5) is 0 Å². The first-order chi connectivity index (χ1) is 30.7. The third-order valence-corrected chi connectivity index (χ3v) is 12.8. The Balaban J connectivity index is 0.983. The van der Waals surface area contributed by atoms with Gasteiger partial charge >= 0.3 is 5.97 Å². The number of hydrogen-bond acceptors (Lipinski definition) is 7. The van der Waals surface area contributed by atoms with Crippen molar-refractivity contribution in [2.24, 2.45) is 0 Å². The number of carbonyl (C=O) groups is 3. The van der Waals surface area contributed by atoms with Gasteiger partial charge in [0.2, 0.25) is 0 Å². The number of carboxylic acids is 1. The molecule has 1 aliphatic carbocycles. The predicted octanol–water partition coefficient (Wildman–Crippen LogP) is 9.99. The van der Waals surface area contributed by atoms with Gasteiger partial charge in [-0.1, -0.05) is 49.1 Å². The zero-order valence-electron chi connectivity index (χ0n) is 34.4. The number of rotatable bonds is 10. The molecule has 2 amide bonds. The molecule has 2 fully saturated rings. The number of likely N-dealkylation sites (tertiary alicyclic amines) is 1. The molecule has 12 nitrogen and oxygen atoms in total. The van der Waals surface area contributed by atoms with Gasteiger partial charge < -0.3 is 30.0 Å². The summed E-state index contributed by atoms with van der Waals surface area (Å²) in [5.74, 6) is -0.859. The van der Waals surface area contributed by atoms with Crippen LogP contribution in [0.25, 0.3) is 66.7 Å². The van der Waals surface area contributed by atoms with Crippen LogP contribution in [0, 0.1) is 0 Å². The SMILES string of the molecule is O=C(NC(Cc1c[nH]c2ccc(O)cc12)C(=O)O)c1ccc2c(c1)nc(-c1ccc3nc(-c4cc(C(=O)N5CCCC5)ccc4-c4ccc(Cl)cc4)cnc3c1)n2C1CCCCC1. The maximum Gasteiger partial charge on any atom is 0.326 e. The van der Waals surface area contributed by atoms with E-state index in [9.17, 15) is 24.6 Å². The molecule has 8 aromatic rings. The summed E-state index contributed by atoms with van der Waals surface area (Å²) < 4.78 is 2.28. The molecule has 4 heterocycles. The number of H-pyrrole nitrogens is 1. The molecule has 316 valence electrons. The first kappa shape index (κ1) is 40.0. The average molecular weight is 858 g/mol. The summed E-state index contributed by atoms with van der Waals surface area (Å²) in [4.78, 5) is 59.9. The second-order valence-corrected chi connectivity index (χ2v) is 17.1. The highest BCUT2D eigenvalue weighted by Gasteiger charge is 2.27. The first-order valence-electron chi connectivity index (χ1n) is 21.5. The van der Waals surface area contributed by atoms with Crippen molar-refractivity contribution in [1.29, 1.82) is 0 Å². The maximum absolute atomic E-state index is 13.7. The second kappa shape index (κ2) is 16.7. The molecule has 1 unspecified atom stereocenters. The number of phenols is 1. The number of hydrogen-bond donors (Lipinski definition) is 4. The molecule has 1 saturated heterocycles. The van der Waals surface area contributed by atoms with Crippen molar-refractivity contribution < 1.29 is 24.6 Å². The third-order valence-electron chi connectivity index (χ3n) is 12.6. The van der Waals surface area contributed by atoms with Crippen molar-refractivity contribution in [1.82, 2.24) is 34.7 Å². The summed E-state index contributed by atoms with van der Waals surface area (Å²) >= 11 is 6.26.